The standard InChI is InChI=1S/C19H23ClN2O3/c1-21-18(10-11-24-16-8-5-7-15(20)13-16)14-6-4-9-17(12-14)25-19(23)22(2)3/h4-9,12-13,18,21H,10-11H2,1-3H3. The normalized spacial score (nSPS) is 11.7. The minimum absolute atomic E-state index is 0.0807. The van der Waals surface area contributed by atoms with Crippen LogP contribution in [-0.2, 0) is 0 Å². The molecule has 134 valence electrons. The van der Waals surface area contributed by atoms with E-state index >= 15 is 0 Å². The van der Waals surface area contributed by atoms with Crippen molar-refractivity contribution in [2.75, 3.05) is 27.7 Å². The summed E-state index contributed by atoms with van der Waals surface area (Å²) in [6.45, 7) is 0.535. The zero-order valence-electron chi connectivity index (χ0n) is 14.7. The highest BCUT2D eigenvalue weighted by molar-refractivity contribution is 6.30. The summed E-state index contributed by atoms with van der Waals surface area (Å²) in [5.74, 6) is 1.27. The van der Waals surface area contributed by atoms with Crippen LogP contribution in [0.2, 0.25) is 5.02 Å². The second-order valence-corrected chi connectivity index (χ2v) is 6.21. The number of nitrogens with zero attached hydrogens (tertiary/aromatic N) is 1. The van der Waals surface area contributed by atoms with Crippen molar-refractivity contribution in [2.24, 2.45) is 0 Å². The lowest BCUT2D eigenvalue weighted by molar-refractivity contribution is 0.172. The average Bonchev–Trinajstić information content (AvgIpc) is 2.59. The predicted molar refractivity (Wildman–Crippen MR) is 99.5 cm³/mol. The molecule has 0 aliphatic rings. The van der Waals surface area contributed by atoms with Crippen LogP contribution < -0.4 is 14.8 Å². The molecule has 1 N–H and O–H groups in total. The van der Waals surface area contributed by atoms with Gasteiger partial charge in [0, 0.05) is 31.6 Å². The van der Waals surface area contributed by atoms with Crippen LogP contribution in [0.25, 0.3) is 0 Å². The fourth-order valence-electron chi connectivity index (χ4n) is 2.32. The van der Waals surface area contributed by atoms with Crippen LogP contribution in [0.5, 0.6) is 11.5 Å². The van der Waals surface area contributed by atoms with E-state index < -0.39 is 6.09 Å². The van der Waals surface area contributed by atoms with E-state index in [0.29, 0.717) is 17.4 Å². The third-order valence-corrected chi connectivity index (χ3v) is 3.89. The van der Waals surface area contributed by atoms with Gasteiger partial charge < -0.3 is 19.7 Å². The van der Waals surface area contributed by atoms with Crippen LogP contribution in [0, 0.1) is 0 Å². The zero-order chi connectivity index (χ0) is 18.2. The molecule has 1 amide bonds. The Morgan fingerprint density at radius 1 is 1.16 bits per heavy atom. The maximum absolute atomic E-state index is 11.7. The zero-order valence-corrected chi connectivity index (χ0v) is 15.4. The number of halogens is 1. The molecule has 1 atom stereocenters. The Labute approximate surface area is 153 Å². The smallest absolute Gasteiger partial charge is 0.414 e. The number of carbonyl (C=O) groups excluding carboxylic acids is 1. The van der Waals surface area contributed by atoms with Gasteiger partial charge in [-0.05, 0) is 42.9 Å². The lowest BCUT2D eigenvalue weighted by Crippen LogP contribution is -2.25. The molecular formula is C19H23ClN2O3. The van der Waals surface area contributed by atoms with E-state index in [0.717, 1.165) is 17.7 Å². The second-order valence-electron chi connectivity index (χ2n) is 5.77. The molecule has 0 fully saturated rings. The van der Waals surface area contributed by atoms with Gasteiger partial charge in [0.25, 0.3) is 0 Å². The summed E-state index contributed by atoms with van der Waals surface area (Å²) in [7, 11) is 5.19. The molecule has 6 heteroatoms. The van der Waals surface area contributed by atoms with E-state index in [4.69, 9.17) is 21.1 Å². The predicted octanol–water partition coefficient (Wildman–Crippen LogP) is 4.13. The third kappa shape index (κ3) is 5.96. The van der Waals surface area contributed by atoms with Gasteiger partial charge in [0.2, 0.25) is 0 Å². The molecule has 1 unspecified atom stereocenters. The van der Waals surface area contributed by atoms with Crippen molar-refractivity contribution in [1.29, 1.82) is 0 Å². The van der Waals surface area contributed by atoms with Crippen molar-refractivity contribution in [2.45, 2.75) is 12.5 Å². The second kappa shape index (κ2) is 9.30. The summed E-state index contributed by atoms with van der Waals surface area (Å²) in [6.07, 6.45) is 0.358. The quantitative estimate of drug-likeness (QED) is 0.804. The number of hydrogen-bond donors (Lipinski definition) is 1. The van der Waals surface area contributed by atoms with E-state index in [-0.39, 0.29) is 6.04 Å². The molecule has 2 aromatic carbocycles. The number of nitrogens with one attached hydrogen (secondary N) is 1. The van der Waals surface area contributed by atoms with Crippen LogP contribution in [0.3, 0.4) is 0 Å². The van der Waals surface area contributed by atoms with Crippen LogP contribution >= 0.6 is 11.6 Å². The van der Waals surface area contributed by atoms with Crippen LogP contribution in [0.15, 0.2) is 48.5 Å². The van der Waals surface area contributed by atoms with Gasteiger partial charge in [0.15, 0.2) is 0 Å². The molecule has 0 aliphatic heterocycles. The van der Waals surface area contributed by atoms with E-state index in [2.05, 4.69) is 5.32 Å². The average molecular weight is 363 g/mol. The minimum Gasteiger partial charge on any atom is -0.493 e. The molecule has 0 saturated heterocycles. The topological polar surface area (TPSA) is 50.8 Å². The van der Waals surface area contributed by atoms with E-state index in [9.17, 15) is 4.79 Å². The van der Waals surface area contributed by atoms with Crippen molar-refractivity contribution in [3.8, 4) is 11.5 Å². The summed E-state index contributed by atoms with van der Waals surface area (Å²) in [4.78, 5) is 13.1. The Morgan fingerprint density at radius 2 is 1.88 bits per heavy atom. The minimum atomic E-state index is -0.401. The Kier molecular flexibility index (Phi) is 7.10. The first-order valence-corrected chi connectivity index (χ1v) is 8.42. The molecule has 0 aromatic heterocycles. The van der Waals surface area contributed by atoms with Gasteiger partial charge in [0.1, 0.15) is 11.5 Å². The van der Waals surface area contributed by atoms with Gasteiger partial charge in [-0.15, -0.1) is 0 Å². The third-order valence-electron chi connectivity index (χ3n) is 3.65. The molecule has 5 nitrogen and oxygen atoms in total. The molecule has 0 aliphatic carbocycles. The van der Waals surface area contributed by atoms with E-state index in [1.165, 1.54) is 4.90 Å². The van der Waals surface area contributed by atoms with Gasteiger partial charge in [-0.3, -0.25) is 0 Å². The summed E-state index contributed by atoms with van der Waals surface area (Å²) in [5.41, 5.74) is 1.03. The molecule has 25 heavy (non-hydrogen) atoms. The van der Waals surface area contributed by atoms with Crippen LogP contribution in [0.4, 0.5) is 4.79 Å². The van der Waals surface area contributed by atoms with Crippen LogP contribution in [0.1, 0.15) is 18.0 Å². The number of benzene rings is 2. The lowest BCUT2D eigenvalue weighted by Gasteiger charge is -2.18. The molecule has 2 aromatic rings. The van der Waals surface area contributed by atoms with Crippen molar-refractivity contribution in [3.63, 3.8) is 0 Å². The van der Waals surface area contributed by atoms with Crippen molar-refractivity contribution < 1.29 is 14.3 Å². The molecule has 0 heterocycles. The first-order chi connectivity index (χ1) is 12.0. The van der Waals surface area contributed by atoms with Gasteiger partial charge in [0.05, 0.1) is 6.61 Å². The first-order valence-electron chi connectivity index (χ1n) is 8.04. The lowest BCUT2D eigenvalue weighted by atomic mass is 10.0. The Morgan fingerprint density at radius 3 is 2.56 bits per heavy atom. The van der Waals surface area contributed by atoms with Crippen molar-refractivity contribution in [3.05, 3.63) is 59.1 Å². The summed E-state index contributed by atoms with van der Waals surface area (Å²) in [6, 6.07) is 14.9. The number of ether oxygens (including phenoxy) is 2. The SMILES string of the molecule is CNC(CCOc1cccc(Cl)c1)c1cccc(OC(=O)N(C)C)c1. The highest BCUT2D eigenvalue weighted by atomic mass is 35.5. The Hall–Kier alpha value is -2.24. The van der Waals surface area contributed by atoms with Crippen molar-refractivity contribution >= 4 is 17.7 Å². The largest absolute Gasteiger partial charge is 0.493 e. The molecule has 0 saturated carbocycles. The molecule has 0 radical (unpaired) electrons. The fraction of sp³-hybridized carbons (Fsp3) is 0.316. The Balaban J connectivity index is 1.96. The monoisotopic (exact) mass is 362 g/mol. The maximum atomic E-state index is 11.7. The number of amides is 1. The fourth-order valence-corrected chi connectivity index (χ4v) is 2.50. The number of carbonyl (C=O) groups is 1. The van der Waals surface area contributed by atoms with Gasteiger partial charge in [-0.25, -0.2) is 4.79 Å². The molecule has 0 spiro atoms. The van der Waals surface area contributed by atoms with Gasteiger partial charge >= 0.3 is 6.09 Å². The molecule has 0 bridgehead atoms. The Bertz CT molecular complexity index is 707. The van der Waals surface area contributed by atoms with Gasteiger partial charge in [-0.1, -0.05) is 29.8 Å². The van der Waals surface area contributed by atoms with E-state index in [1.807, 2.05) is 43.4 Å². The summed E-state index contributed by atoms with van der Waals surface area (Å²) >= 11 is 5.95. The molecule has 2 rings (SSSR count). The maximum Gasteiger partial charge on any atom is 0.414 e. The molecular weight excluding hydrogens is 340 g/mol. The number of hydrogen-bond acceptors (Lipinski definition) is 4. The number of rotatable bonds is 7. The summed E-state index contributed by atoms with van der Waals surface area (Å²) < 4.78 is 11.1. The van der Waals surface area contributed by atoms with Gasteiger partial charge in [-0.2, -0.15) is 0 Å². The van der Waals surface area contributed by atoms with Crippen molar-refractivity contribution in [1.82, 2.24) is 10.2 Å². The highest BCUT2D eigenvalue weighted by Gasteiger charge is 2.12. The van der Waals surface area contributed by atoms with E-state index in [1.54, 1.807) is 26.2 Å². The summed E-state index contributed by atoms with van der Waals surface area (Å²) in [5, 5.41) is 3.91. The highest BCUT2D eigenvalue weighted by Crippen LogP contribution is 2.23. The van der Waals surface area contributed by atoms with Crippen LogP contribution in [-0.4, -0.2) is 38.7 Å². The first kappa shape index (κ1) is 19.1.